The Kier molecular flexibility index (Phi) is 9.38. The molecule has 0 aliphatic rings. The molecule has 0 aliphatic heterocycles. The maximum absolute atomic E-state index is 13.1. The van der Waals surface area contributed by atoms with E-state index in [0.29, 0.717) is 18.8 Å². The average molecular weight is 427 g/mol. The summed E-state index contributed by atoms with van der Waals surface area (Å²) in [6, 6.07) is 12.6. The van der Waals surface area contributed by atoms with Gasteiger partial charge in [0.1, 0.15) is 17.5 Å². The molecule has 1 atom stereocenters. The van der Waals surface area contributed by atoms with Crippen molar-refractivity contribution in [3.8, 4) is 11.5 Å². The van der Waals surface area contributed by atoms with Crippen molar-refractivity contribution in [1.29, 1.82) is 0 Å². The van der Waals surface area contributed by atoms with Gasteiger partial charge in [-0.1, -0.05) is 31.5 Å². The van der Waals surface area contributed by atoms with Crippen LogP contribution in [0.4, 0.5) is 0 Å². The van der Waals surface area contributed by atoms with Crippen molar-refractivity contribution < 1.29 is 19.1 Å². The molecule has 0 aliphatic carbocycles. The van der Waals surface area contributed by atoms with Crippen LogP contribution in [0.1, 0.15) is 43.4 Å². The van der Waals surface area contributed by atoms with E-state index in [1.165, 1.54) is 0 Å². The van der Waals surface area contributed by atoms with Gasteiger partial charge in [0.15, 0.2) is 6.61 Å². The van der Waals surface area contributed by atoms with Crippen molar-refractivity contribution in [2.24, 2.45) is 0 Å². The number of carbonyl (C=O) groups excluding carboxylic acids is 2. The van der Waals surface area contributed by atoms with Gasteiger partial charge in [-0.25, -0.2) is 0 Å². The van der Waals surface area contributed by atoms with Crippen LogP contribution in [0, 0.1) is 13.8 Å². The quantitative estimate of drug-likeness (QED) is 0.551. The summed E-state index contributed by atoms with van der Waals surface area (Å²) in [6.07, 6.45) is 1.90. The molecule has 0 saturated carbocycles. The Morgan fingerprint density at radius 3 is 2.32 bits per heavy atom. The summed E-state index contributed by atoms with van der Waals surface area (Å²) in [6.45, 7) is 8.62. The van der Waals surface area contributed by atoms with E-state index >= 15 is 0 Å². The predicted octanol–water partition coefficient (Wildman–Crippen LogP) is 4.02. The van der Waals surface area contributed by atoms with Gasteiger partial charge in [0.2, 0.25) is 5.91 Å². The van der Waals surface area contributed by atoms with Crippen molar-refractivity contribution in [3.05, 3.63) is 59.2 Å². The number of unbranched alkanes of at least 4 members (excludes halogenated alkanes) is 1. The van der Waals surface area contributed by atoms with Gasteiger partial charge in [0.25, 0.3) is 5.91 Å². The summed E-state index contributed by atoms with van der Waals surface area (Å²) in [4.78, 5) is 27.3. The van der Waals surface area contributed by atoms with Gasteiger partial charge in [-0.05, 0) is 68.1 Å². The number of ether oxygens (including phenoxy) is 2. The lowest BCUT2D eigenvalue weighted by Crippen LogP contribution is -2.49. The Bertz CT molecular complexity index is 864. The Morgan fingerprint density at radius 1 is 1.03 bits per heavy atom. The number of carbonyl (C=O) groups is 2. The molecule has 2 rings (SSSR count). The third-order valence-electron chi connectivity index (χ3n) is 5.35. The van der Waals surface area contributed by atoms with Gasteiger partial charge < -0.3 is 19.7 Å². The van der Waals surface area contributed by atoms with Crippen LogP contribution in [-0.4, -0.2) is 43.0 Å². The second-order valence-electron chi connectivity index (χ2n) is 7.73. The van der Waals surface area contributed by atoms with Crippen molar-refractivity contribution in [1.82, 2.24) is 10.2 Å². The molecule has 6 heteroatoms. The van der Waals surface area contributed by atoms with Gasteiger partial charge in [-0.15, -0.1) is 0 Å². The van der Waals surface area contributed by atoms with E-state index in [1.54, 1.807) is 18.9 Å². The number of hydrogen-bond acceptors (Lipinski definition) is 4. The zero-order valence-electron chi connectivity index (χ0n) is 19.2. The van der Waals surface area contributed by atoms with Gasteiger partial charge in [0.05, 0.1) is 7.11 Å². The molecule has 1 N–H and O–H groups in total. The zero-order chi connectivity index (χ0) is 22.8. The third kappa shape index (κ3) is 7.31. The molecule has 0 saturated heterocycles. The molecule has 6 nitrogen and oxygen atoms in total. The van der Waals surface area contributed by atoms with Crippen molar-refractivity contribution in [2.75, 3.05) is 20.3 Å². The van der Waals surface area contributed by atoms with Crippen LogP contribution in [-0.2, 0) is 16.1 Å². The van der Waals surface area contributed by atoms with Gasteiger partial charge in [-0.3, -0.25) is 9.59 Å². The van der Waals surface area contributed by atoms with Gasteiger partial charge in [-0.2, -0.15) is 0 Å². The number of amides is 2. The average Bonchev–Trinajstić information content (AvgIpc) is 2.78. The number of methoxy groups -OCH3 is 1. The van der Waals surface area contributed by atoms with Crippen LogP contribution in [0.5, 0.6) is 11.5 Å². The van der Waals surface area contributed by atoms with E-state index < -0.39 is 6.04 Å². The summed E-state index contributed by atoms with van der Waals surface area (Å²) < 4.78 is 10.9. The topological polar surface area (TPSA) is 67.9 Å². The zero-order valence-corrected chi connectivity index (χ0v) is 19.2. The van der Waals surface area contributed by atoms with E-state index in [-0.39, 0.29) is 18.4 Å². The van der Waals surface area contributed by atoms with E-state index in [9.17, 15) is 9.59 Å². The van der Waals surface area contributed by atoms with Crippen LogP contribution in [0.2, 0.25) is 0 Å². The van der Waals surface area contributed by atoms with E-state index in [2.05, 4.69) is 12.2 Å². The Labute approximate surface area is 185 Å². The SMILES string of the molecule is CCCCNC(=O)C(C)N(Cc1ccc(OC)cc1)C(=O)COc1ccc(C)c(C)c1. The number of benzene rings is 2. The highest BCUT2D eigenvalue weighted by molar-refractivity contribution is 5.87. The first-order valence-corrected chi connectivity index (χ1v) is 10.8. The fraction of sp³-hybridized carbons (Fsp3) is 0.440. The minimum absolute atomic E-state index is 0.134. The lowest BCUT2D eigenvalue weighted by Gasteiger charge is -2.29. The Hall–Kier alpha value is -3.02. The second kappa shape index (κ2) is 12.0. The van der Waals surface area contributed by atoms with Crippen molar-refractivity contribution in [2.45, 2.75) is 53.1 Å². The monoisotopic (exact) mass is 426 g/mol. The minimum atomic E-state index is -0.616. The molecule has 2 aromatic rings. The smallest absolute Gasteiger partial charge is 0.261 e. The summed E-state index contributed by atoms with van der Waals surface area (Å²) in [5, 5.41) is 2.92. The van der Waals surface area contributed by atoms with Crippen LogP contribution in [0.15, 0.2) is 42.5 Å². The Balaban J connectivity index is 2.12. The van der Waals surface area contributed by atoms with Crippen molar-refractivity contribution in [3.63, 3.8) is 0 Å². The molecule has 31 heavy (non-hydrogen) atoms. The number of aryl methyl sites for hydroxylation is 2. The molecular weight excluding hydrogens is 392 g/mol. The van der Waals surface area contributed by atoms with E-state index in [4.69, 9.17) is 9.47 Å². The van der Waals surface area contributed by atoms with Crippen LogP contribution in [0.25, 0.3) is 0 Å². The van der Waals surface area contributed by atoms with Crippen LogP contribution >= 0.6 is 0 Å². The highest BCUT2D eigenvalue weighted by atomic mass is 16.5. The fourth-order valence-corrected chi connectivity index (χ4v) is 3.08. The maximum atomic E-state index is 13.1. The Morgan fingerprint density at radius 2 is 1.71 bits per heavy atom. The number of rotatable bonds is 11. The molecule has 0 fully saturated rings. The molecule has 0 spiro atoms. The first-order valence-electron chi connectivity index (χ1n) is 10.8. The summed E-state index contributed by atoms with van der Waals surface area (Å²) in [5.41, 5.74) is 3.18. The maximum Gasteiger partial charge on any atom is 0.261 e. The van der Waals surface area contributed by atoms with Crippen LogP contribution < -0.4 is 14.8 Å². The number of nitrogens with zero attached hydrogens (tertiary/aromatic N) is 1. The second-order valence-corrected chi connectivity index (χ2v) is 7.73. The molecule has 0 bridgehead atoms. The lowest BCUT2D eigenvalue weighted by molar-refractivity contribution is -0.142. The van der Waals surface area contributed by atoms with Gasteiger partial charge in [0, 0.05) is 13.1 Å². The first kappa shape index (κ1) is 24.3. The minimum Gasteiger partial charge on any atom is -0.497 e. The summed E-state index contributed by atoms with van der Waals surface area (Å²) >= 11 is 0. The normalized spacial score (nSPS) is 11.5. The molecule has 0 heterocycles. The lowest BCUT2D eigenvalue weighted by atomic mass is 10.1. The molecule has 2 amide bonds. The highest BCUT2D eigenvalue weighted by Crippen LogP contribution is 2.18. The molecule has 168 valence electrons. The molecule has 0 radical (unpaired) electrons. The number of hydrogen-bond donors (Lipinski definition) is 1. The predicted molar refractivity (Wildman–Crippen MR) is 122 cm³/mol. The molecule has 0 aromatic heterocycles. The fourth-order valence-electron chi connectivity index (χ4n) is 3.08. The number of nitrogens with one attached hydrogen (secondary N) is 1. The highest BCUT2D eigenvalue weighted by Gasteiger charge is 2.26. The van der Waals surface area contributed by atoms with E-state index in [0.717, 1.165) is 35.3 Å². The largest absolute Gasteiger partial charge is 0.497 e. The summed E-state index contributed by atoms with van der Waals surface area (Å²) in [7, 11) is 1.61. The summed E-state index contributed by atoms with van der Waals surface area (Å²) in [5.74, 6) is 0.972. The van der Waals surface area contributed by atoms with Crippen LogP contribution in [0.3, 0.4) is 0 Å². The van der Waals surface area contributed by atoms with Gasteiger partial charge >= 0.3 is 0 Å². The molecule has 2 aromatic carbocycles. The standard InChI is InChI=1S/C25H34N2O4/c1-6-7-14-26-25(29)20(4)27(16-21-9-12-22(30-5)13-10-21)24(28)17-31-23-11-8-18(2)19(3)15-23/h8-13,15,20H,6-7,14,16-17H2,1-5H3,(H,26,29). The molecule has 1 unspecified atom stereocenters. The molecular formula is C25H34N2O4. The third-order valence-corrected chi connectivity index (χ3v) is 5.35. The first-order chi connectivity index (χ1) is 14.8. The van der Waals surface area contributed by atoms with Crippen molar-refractivity contribution >= 4 is 11.8 Å². The van der Waals surface area contributed by atoms with E-state index in [1.807, 2.05) is 56.3 Å².